The Hall–Kier alpha value is -1.66. The Balaban J connectivity index is 1.57. The molecular formula is C19H23ClN2O3S. The van der Waals surface area contributed by atoms with E-state index in [9.17, 15) is 9.00 Å². The maximum Gasteiger partial charge on any atom is 0.232 e. The molecule has 1 aliphatic carbocycles. The summed E-state index contributed by atoms with van der Waals surface area (Å²) in [4.78, 5) is 16.5. The number of carbonyl (C=O) groups is 1. The zero-order valence-electron chi connectivity index (χ0n) is 14.8. The summed E-state index contributed by atoms with van der Waals surface area (Å²) in [6, 6.07) is 7.42. The fourth-order valence-electron chi connectivity index (χ4n) is 3.14. The standard InChI is InChI=1S/C19H23ClN2O3S/c1-13-17(22-19(25-13)14-7-9-15(20)10-8-14)11-26(24)12-18(23)21-16-5-3-2-4-6-16/h7-10,16H,2-6,11-12H2,1H3,(H,21,23)/t26-/m0/s1. The SMILES string of the molecule is Cc1oc(-c2ccc(Cl)cc2)nc1C[S@](=O)CC(=O)NC1CCCCC1. The molecule has 0 spiro atoms. The van der Waals surface area contributed by atoms with E-state index in [2.05, 4.69) is 10.3 Å². The first-order valence-corrected chi connectivity index (χ1v) is 10.7. The van der Waals surface area contributed by atoms with E-state index in [4.69, 9.17) is 16.0 Å². The van der Waals surface area contributed by atoms with E-state index in [-0.39, 0.29) is 23.5 Å². The summed E-state index contributed by atoms with van der Waals surface area (Å²) in [6.45, 7) is 1.79. The summed E-state index contributed by atoms with van der Waals surface area (Å²) in [5, 5.41) is 3.64. The van der Waals surface area contributed by atoms with Crippen LogP contribution in [0.1, 0.15) is 43.6 Å². The summed E-state index contributed by atoms with van der Waals surface area (Å²) in [6.07, 6.45) is 5.58. The fourth-order valence-corrected chi connectivity index (χ4v) is 4.32. The second-order valence-electron chi connectivity index (χ2n) is 6.66. The number of benzene rings is 1. The van der Waals surface area contributed by atoms with Gasteiger partial charge >= 0.3 is 0 Å². The number of hydrogen-bond acceptors (Lipinski definition) is 4. The zero-order valence-corrected chi connectivity index (χ0v) is 16.4. The van der Waals surface area contributed by atoms with Crippen molar-refractivity contribution in [1.82, 2.24) is 10.3 Å². The average Bonchev–Trinajstić information content (AvgIpc) is 2.96. The molecule has 5 nitrogen and oxygen atoms in total. The van der Waals surface area contributed by atoms with E-state index >= 15 is 0 Å². The second-order valence-corrected chi connectivity index (χ2v) is 8.55. The van der Waals surface area contributed by atoms with Gasteiger partial charge in [-0.15, -0.1) is 0 Å². The van der Waals surface area contributed by atoms with Gasteiger partial charge in [-0.3, -0.25) is 9.00 Å². The van der Waals surface area contributed by atoms with Crippen molar-refractivity contribution >= 4 is 28.3 Å². The Morgan fingerprint density at radius 1 is 1.27 bits per heavy atom. The molecule has 2 aromatic rings. The molecule has 140 valence electrons. The molecule has 1 fully saturated rings. The fraction of sp³-hybridized carbons (Fsp3) is 0.474. The number of rotatable bonds is 6. The van der Waals surface area contributed by atoms with Gasteiger partial charge in [0.1, 0.15) is 11.5 Å². The molecule has 0 aliphatic heterocycles. The van der Waals surface area contributed by atoms with E-state index < -0.39 is 10.8 Å². The number of nitrogens with zero attached hydrogens (tertiary/aromatic N) is 1. The van der Waals surface area contributed by atoms with Crippen molar-refractivity contribution in [3.8, 4) is 11.5 Å². The molecule has 3 rings (SSSR count). The summed E-state index contributed by atoms with van der Waals surface area (Å²) >= 11 is 5.89. The highest BCUT2D eigenvalue weighted by molar-refractivity contribution is 7.84. The number of halogens is 1. The van der Waals surface area contributed by atoms with Gasteiger partial charge in [-0.05, 0) is 44.0 Å². The molecule has 0 unspecified atom stereocenters. The van der Waals surface area contributed by atoms with Crippen LogP contribution >= 0.6 is 11.6 Å². The number of oxazole rings is 1. The Bertz CT molecular complexity index is 783. The number of amides is 1. The van der Waals surface area contributed by atoms with Crippen molar-refractivity contribution in [3.63, 3.8) is 0 Å². The number of hydrogen-bond donors (Lipinski definition) is 1. The first-order chi connectivity index (χ1) is 12.5. The molecule has 7 heteroatoms. The lowest BCUT2D eigenvalue weighted by molar-refractivity contribution is -0.119. The van der Waals surface area contributed by atoms with Gasteiger partial charge in [-0.1, -0.05) is 30.9 Å². The first kappa shape index (κ1) is 19.1. The Labute approximate surface area is 161 Å². The van der Waals surface area contributed by atoms with E-state index in [1.165, 1.54) is 6.42 Å². The topological polar surface area (TPSA) is 72.2 Å². The van der Waals surface area contributed by atoms with Gasteiger partial charge in [0, 0.05) is 27.4 Å². The molecule has 0 bridgehead atoms. The minimum atomic E-state index is -1.32. The second kappa shape index (κ2) is 8.82. The predicted octanol–water partition coefficient (Wildman–Crippen LogP) is 4.00. The maximum absolute atomic E-state index is 12.4. The van der Waals surface area contributed by atoms with Gasteiger partial charge in [0.2, 0.25) is 11.8 Å². The van der Waals surface area contributed by atoms with Gasteiger partial charge in [0.05, 0.1) is 11.4 Å². The lowest BCUT2D eigenvalue weighted by Gasteiger charge is -2.22. The third kappa shape index (κ3) is 5.17. The lowest BCUT2D eigenvalue weighted by Crippen LogP contribution is -2.38. The van der Waals surface area contributed by atoms with Crippen LogP contribution in [0.2, 0.25) is 5.02 Å². The highest BCUT2D eigenvalue weighted by atomic mass is 35.5. The Kier molecular flexibility index (Phi) is 6.48. The third-order valence-corrected chi connectivity index (χ3v) is 5.98. The Morgan fingerprint density at radius 3 is 2.65 bits per heavy atom. The van der Waals surface area contributed by atoms with Crippen LogP contribution in [0.15, 0.2) is 28.7 Å². The van der Waals surface area contributed by atoms with Crippen LogP contribution in [0, 0.1) is 6.92 Å². The van der Waals surface area contributed by atoms with Crippen LogP contribution < -0.4 is 5.32 Å². The first-order valence-electron chi connectivity index (χ1n) is 8.88. The lowest BCUT2D eigenvalue weighted by atomic mass is 9.95. The minimum absolute atomic E-state index is 0.000914. The molecule has 1 aromatic carbocycles. The molecule has 1 aromatic heterocycles. The van der Waals surface area contributed by atoms with Crippen molar-refractivity contribution in [1.29, 1.82) is 0 Å². The quantitative estimate of drug-likeness (QED) is 0.803. The van der Waals surface area contributed by atoms with Gasteiger partial charge in [-0.2, -0.15) is 0 Å². The van der Waals surface area contributed by atoms with Crippen LogP contribution in [0.3, 0.4) is 0 Å². The van der Waals surface area contributed by atoms with Gasteiger partial charge in [0.15, 0.2) is 0 Å². The molecule has 26 heavy (non-hydrogen) atoms. The van der Waals surface area contributed by atoms with Gasteiger partial charge < -0.3 is 9.73 Å². The largest absolute Gasteiger partial charge is 0.441 e. The molecular weight excluding hydrogens is 372 g/mol. The number of aromatic nitrogens is 1. The van der Waals surface area contributed by atoms with E-state index in [1.807, 2.05) is 12.1 Å². The van der Waals surface area contributed by atoms with Crippen molar-refractivity contribution in [2.45, 2.75) is 50.8 Å². The van der Waals surface area contributed by atoms with E-state index in [0.717, 1.165) is 31.2 Å². The predicted molar refractivity (Wildman–Crippen MR) is 103 cm³/mol. The van der Waals surface area contributed by atoms with Crippen molar-refractivity contribution < 1.29 is 13.4 Å². The molecule has 1 N–H and O–H groups in total. The van der Waals surface area contributed by atoms with Crippen LogP contribution in [0.4, 0.5) is 0 Å². The molecule has 1 atom stereocenters. The van der Waals surface area contributed by atoms with E-state index in [1.54, 1.807) is 19.1 Å². The van der Waals surface area contributed by atoms with Crippen molar-refractivity contribution in [2.75, 3.05) is 5.75 Å². The summed E-state index contributed by atoms with van der Waals surface area (Å²) in [7, 11) is -1.32. The molecule has 0 radical (unpaired) electrons. The number of aryl methyl sites for hydroxylation is 1. The monoisotopic (exact) mass is 394 g/mol. The maximum atomic E-state index is 12.4. The van der Waals surface area contributed by atoms with Crippen LogP contribution in [0.5, 0.6) is 0 Å². The van der Waals surface area contributed by atoms with E-state index in [0.29, 0.717) is 22.4 Å². The van der Waals surface area contributed by atoms with Crippen LogP contribution in [0.25, 0.3) is 11.5 Å². The summed E-state index contributed by atoms with van der Waals surface area (Å²) < 4.78 is 18.0. The molecule has 1 aliphatic rings. The van der Waals surface area contributed by atoms with Crippen LogP contribution in [-0.4, -0.2) is 26.9 Å². The highest BCUT2D eigenvalue weighted by Gasteiger charge is 2.19. The van der Waals surface area contributed by atoms with Crippen molar-refractivity contribution in [2.24, 2.45) is 0 Å². The minimum Gasteiger partial charge on any atom is -0.441 e. The summed E-state index contributed by atoms with van der Waals surface area (Å²) in [5.41, 5.74) is 1.43. The summed E-state index contributed by atoms with van der Waals surface area (Å²) in [5.74, 6) is 1.16. The Morgan fingerprint density at radius 2 is 1.96 bits per heavy atom. The van der Waals surface area contributed by atoms with Gasteiger partial charge in [0.25, 0.3) is 0 Å². The molecule has 0 saturated heterocycles. The number of nitrogens with one attached hydrogen (secondary N) is 1. The van der Waals surface area contributed by atoms with Gasteiger partial charge in [-0.25, -0.2) is 4.98 Å². The highest BCUT2D eigenvalue weighted by Crippen LogP contribution is 2.24. The number of carbonyl (C=O) groups excluding carboxylic acids is 1. The van der Waals surface area contributed by atoms with Crippen molar-refractivity contribution in [3.05, 3.63) is 40.7 Å². The molecule has 1 amide bonds. The smallest absolute Gasteiger partial charge is 0.232 e. The zero-order chi connectivity index (χ0) is 18.5. The molecule has 1 saturated carbocycles. The third-order valence-electron chi connectivity index (χ3n) is 4.54. The normalized spacial score (nSPS) is 16.4. The van der Waals surface area contributed by atoms with Crippen LogP contribution in [-0.2, 0) is 21.3 Å². The molecule has 1 heterocycles. The average molecular weight is 395 g/mol.